The maximum absolute atomic E-state index is 14.5. The molecule has 188 valence electrons. The van der Waals surface area contributed by atoms with Gasteiger partial charge >= 0.3 is 6.18 Å². The summed E-state index contributed by atoms with van der Waals surface area (Å²) in [5, 5.41) is 14.5. The number of carbonyl (C=O) groups is 1. The molecule has 2 aromatic carbocycles. The Morgan fingerprint density at radius 2 is 1.69 bits per heavy atom. The molecular weight excluding hydrogens is 589 g/mol. The van der Waals surface area contributed by atoms with Crippen molar-refractivity contribution in [3.8, 4) is 6.07 Å². The van der Waals surface area contributed by atoms with E-state index in [2.05, 4.69) is 27.7 Å². The zero-order valence-corrected chi connectivity index (χ0v) is 21.3. The van der Waals surface area contributed by atoms with Crippen molar-refractivity contribution in [1.82, 2.24) is 4.90 Å². The van der Waals surface area contributed by atoms with E-state index >= 15 is 0 Å². The monoisotopic (exact) mass is 611 g/mol. The first-order valence-electron chi connectivity index (χ1n) is 11.7. The van der Waals surface area contributed by atoms with Gasteiger partial charge in [0.25, 0.3) is 5.91 Å². The number of fused-ring (bicyclic) bond motifs is 1. The number of carbonyl (C=O) groups excluding carboxylic acids is 1. The molecule has 6 nitrogen and oxygen atoms in total. The van der Waals surface area contributed by atoms with Gasteiger partial charge in [-0.1, -0.05) is 6.42 Å². The van der Waals surface area contributed by atoms with Gasteiger partial charge in [0.05, 0.1) is 17.2 Å². The Balaban J connectivity index is 1.72. The molecular formula is C25H22F4IN5O. The number of hydrazone groups is 1. The molecule has 0 bridgehead atoms. The fourth-order valence-corrected chi connectivity index (χ4v) is 5.92. The number of amides is 1. The second kappa shape index (κ2) is 9.30. The van der Waals surface area contributed by atoms with Crippen LogP contribution in [0.25, 0.3) is 0 Å². The molecule has 0 spiro atoms. The summed E-state index contributed by atoms with van der Waals surface area (Å²) in [4.78, 5) is 17.8. The van der Waals surface area contributed by atoms with Gasteiger partial charge in [0.1, 0.15) is 17.6 Å². The Kier molecular flexibility index (Phi) is 6.45. The van der Waals surface area contributed by atoms with E-state index < -0.39 is 35.2 Å². The number of alkyl halides is 3. The normalized spacial score (nSPS) is 24.9. The lowest BCUT2D eigenvalue weighted by atomic mass is 9.78. The Labute approximate surface area is 219 Å². The molecule has 0 aromatic heterocycles. The quantitative estimate of drug-likeness (QED) is 0.351. The highest BCUT2D eigenvalue weighted by molar-refractivity contribution is 14.1. The molecule has 2 unspecified atom stereocenters. The Morgan fingerprint density at radius 1 is 1.03 bits per heavy atom. The molecule has 0 aliphatic carbocycles. The standard InChI is InChI=1S/C25H22F4IN5O/c26-21-9-8-19(14-16(21)15-31)35-24(33-11-2-1-3-12-33)20(22(32-35)25(27,28)29)10-13-34(23(24)36)18-6-4-17(30)5-7-18/h4-9,14,20H,1-3,10-13H2. The zero-order valence-electron chi connectivity index (χ0n) is 19.1. The lowest BCUT2D eigenvalue weighted by molar-refractivity contribution is -0.136. The third-order valence-corrected chi connectivity index (χ3v) is 7.85. The minimum absolute atomic E-state index is 0.0510. The minimum Gasteiger partial charge on any atom is -0.309 e. The first-order valence-corrected chi connectivity index (χ1v) is 12.7. The summed E-state index contributed by atoms with van der Waals surface area (Å²) in [6, 6.07) is 12.4. The van der Waals surface area contributed by atoms with Crippen LogP contribution in [0, 0.1) is 26.6 Å². The van der Waals surface area contributed by atoms with Crippen LogP contribution in [0.4, 0.5) is 28.9 Å². The van der Waals surface area contributed by atoms with Crippen molar-refractivity contribution < 1.29 is 22.4 Å². The van der Waals surface area contributed by atoms with Gasteiger partial charge in [0.15, 0.2) is 0 Å². The molecule has 3 aliphatic heterocycles. The van der Waals surface area contributed by atoms with E-state index in [1.807, 2.05) is 12.1 Å². The van der Waals surface area contributed by atoms with Crippen molar-refractivity contribution in [1.29, 1.82) is 5.26 Å². The smallest absolute Gasteiger partial charge is 0.309 e. The molecule has 11 heteroatoms. The van der Waals surface area contributed by atoms with Crippen molar-refractivity contribution in [3.63, 3.8) is 0 Å². The largest absolute Gasteiger partial charge is 0.431 e. The number of nitrogens with zero attached hydrogens (tertiary/aromatic N) is 5. The molecule has 2 saturated heterocycles. The van der Waals surface area contributed by atoms with Crippen molar-refractivity contribution in [2.24, 2.45) is 11.0 Å². The van der Waals surface area contributed by atoms with Gasteiger partial charge in [-0.3, -0.25) is 9.69 Å². The average Bonchev–Trinajstić information content (AvgIpc) is 3.23. The number of halogens is 5. The van der Waals surface area contributed by atoms with E-state index in [1.165, 1.54) is 11.0 Å². The predicted octanol–water partition coefficient (Wildman–Crippen LogP) is 5.28. The van der Waals surface area contributed by atoms with E-state index in [1.54, 1.807) is 23.1 Å². The fraction of sp³-hybridized carbons (Fsp3) is 0.400. The molecule has 2 aromatic rings. The summed E-state index contributed by atoms with van der Waals surface area (Å²) < 4.78 is 58.2. The molecule has 3 heterocycles. The highest BCUT2D eigenvalue weighted by Gasteiger charge is 2.67. The first kappa shape index (κ1) is 25.0. The maximum atomic E-state index is 14.5. The summed E-state index contributed by atoms with van der Waals surface area (Å²) in [5.41, 5.74) is -2.47. The highest BCUT2D eigenvalue weighted by Crippen LogP contribution is 2.49. The number of piperidine rings is 2. The molecule has 0 saturated carbocycles. The van der Waals surface area contributed by atoms with Gasteiger partial charge < -0.3 is 4.90 Å². The third-order valence-electron chi connectivity index (χ3n) is 7.13. The zero-order chi connectivity index (χ0) is 25.7. The van der Waals surface area contributed by atoms with Crippen molar-refractivity contribution in [2.45, 2.75) is 37.5 Å². The van der Waals surface area contributed by atoms with Gasteiger partial charge in [-0.25, -0.2) is 9.40 Å². The lowest BCUT2D eigenvalue weighted by Gasteiger charge is -2.53. The van der Waals surface area contributed by atoms with E-state index in [4.69, 9.17) is 0 Å². The summed E-state index contributed by atoms with van der Waals surface area (Å²) in [6.45, 7) is 0.952. The second-order valence-corrected chi connectivity index (χ2v) is 10.4. The van der Waals surface area contributed by atoms with Gasteiger partial charge in [-0.2, -0.15) is 23.5 Å². The number of anilines is 2. The van der Waals surface area contributed by atoms with Crippen LogP contribution < -0.4 is 9.91 Å². The topological polar surface area (TPSA) is 62.9 Å². The number of rotatable bonds is 3. The number of hydrogen-bond acceptors (Lipinski definition) is 5. The van der Waals surface area contributed by atoms with Crippen LogP contribution in [-0.4, -0.2) is 48.0 Å². The third kappa shape index (κ3) is 3.94. The SMILES string of the molecule is N#Cc1cc(N2N=C(C(F)(F)F)C3CCN(c4ccc(I)cc4)C(=O)C32N2CCCCC2)ccc1F. The van der Waals surface area contributed by atoms with Crippen molar-refractivity contribution in [3.05, 3.63) is 57.4 Å². The Hall–Kier alpha value is -2.72. The van der Waals surface area contributed by atoms with E-state index in [0.29, 0.717) is 18.8 Å². The molecule has 0 N–H and O–H groups in total. The maximum Gasteiger partial charge on any atom is 0.431 e. The van der Waals surface area contributed by atoms with Gasteiger partial charge in [-0.05, 0) is 84.3 Å². The van der Waals surface area contributed by atoms with Crippen LogP contribution in [0.5, 0.6) is 0 Å². The molecule has 36 heavy (non-hydrogen) atoms. The molecule has 5 rings (SSSR count). The van der Waals surface area contributed by atoms with Crippen LogP contribution in [0.2, 0.25) is 0 Å². The van der Waals surface area contributed by atoms with Crippen LogP contribution in [0.1, 0.15) is 31.2 Å². The predicted molar refractivity (Wildman–Crippen MR) is 135 cm³/mol. The number of nitriles is 1. The van der Waals surface area contributed by atoms with Crippen LogP contribution in [0.15, 0.2) is 47.6 Å². The van der Waals surface area contributed by atoms with Gasteiger partial charge in [-0.15, -0.1) is 0 Å². The van der Waals surface area contributed by atoms with Crippen LogP contribution >= 0.6 is 22.6 Å². The molecule has 0 radical (unpaired) electrons. The van der Waals surface area contributed by atoms with Crippen LogP contribution in [-0.2, 0) is 4.79 Å². The number of hydrogen-bond donors (Lipinski definition) is 0. The fourth-order valence-electron chi connectivity index (χ4n) is 5.56. The Bertz CT molecular complexity index is 1250. The van der Waals surface area contributed by atoms with Crippen molar-refractivity contribution in [2.75, 3.05) is 29.5 Å². The van der Waals surface area contributed by atoms with Gasteiger partial charge in [0.2, 0.25) is 5.66 Å². The van der Waals surface area contributed by atoms with E-state index in [9.17, 15) is 27.6 Å². The van der Waals surface area contributed by atoms with Crippen molar-refractivity contribution >= 4 is 45.6 Å². The highest BCUT2D eigenvalue weighted by atomic mass is 127. The summed E-state index contributed by atoms with van der Waals surface area (Å²) in [6.07, 6.45) is -2.34. The molecule has 2 fully saturated rings. The second-order valence-electron chi connectivity index (χ2n) is 9.12. The molecule has 1 amide bonds. The molecule has 3 aliphatic rings. The summed E-state index contributed by atoms with van der Waals surface area (Å²) >= 11 is 2.15. The minimum atomic E-state index is -4.76. The van der Waals surface area contributed by atoms with E-state index in [0.717, 1.165) is 40.0 Å². The number of likely N-dealkylation sites (tertiary alicyclic amines) is 1. The average molecular weight is 611 g/mol. The van der Waals surface area contributed by atoms with E-state index in [-0.39, 0.29) is 24.2 Å². The number of benzene rings is 2. The Morgan fingerprint density at radius 3 is 2.33 bits per heavy atom. The summed E-state index contributed by atoms with van der Waals surface area (Å²) in [5.74, 6) is -2.54. The first-order chi connectivity index (χ1) is 17.2. The molecule has 2 atom stereocenters. The van der Waals surface area contributed by atoms with Crippen LogP contribution in [0.3, 0.4) is 0 Å². The van der Waals surface area contributed by atoms with Gasteiger partial charge in [0, 0.05) is 28.9 Å². The summed E-state index contributed by atoms with van der Waals surface area (Å²) in [7, 11) is 0. The lowest BCUT2D eigenvalue weighted by Crippen LogP contribution is -2.73.